The van der Waals surface area contributed by atoms with E-state index in [0.717, 1.165) is 16.6 Å². The molecule has 35 heavy (non-hydrogen) atoms. The van der Waals surface area contributed by atoms with Gasteiger partial charge in [0.25, 0.3) is 5.91 Å². The Morgan fingerprint density at radius 3 is 2.71 bits per heavy atom. The summed E-state index contributed by atoms with van der Waals surface area (Å²) in [6.45, 7) is 7.88. The molecule has 184 valence electrons. The van der Waals surface area contributed by atoms with Gasteiger partial charge in [0, 0.05) is 30.2 Å². The van der Waals surface area contributed by atoms with E-state index < -0.39 is 11.5 Å². The minimum Gasteiger partial charge on any atom is -0.390 e. The number of benzene rings is 1. The first-order valence-electron chi connectivity index (χ1n) is 11.6. The molecule has 8 heteroatoms. The zero-order chi connectivity index (χ0) is 25.6. The van der Waals surface area contributed by atoms with Gasteiger partial charge in [-0.1, -0.05) is 38.1 Å². The highest BCUT2D eigenvalue weighted by Crippen LogP contribution is 2.22. The lowest BCUT2D eigenvalue weighted by Crippen LogP contribution is -2.73. The van der Waals surface area contributed by atoms with Crippen LogP contribution in [0.1, 0.15) is 50.0 Å². The summed E-state index contributed by atoms with van der Waals surface area (Å²) in [7, 11) is 0. The van der Waals surface area contributed by atoms with Crippen LogP contribution in [0.25, 0.3) is 22.3 Å². The van der Waals surface area contributed by atoms with Gasteiger partial charge in [-0.2, -0.15) is 5.48 Å². The minimum atomic E-state index is -0.848. The van der Waals surface area contributed by atoms with E-state index in [0.29, 0.717) is 29.7 Å². The number of aromatic nitrogens is 2. The van der Waals surface area contributed by atoms with Gasteiger partial charge in [-0.05, 0) is 56.0 Å². The number of quaternary nitrogens is 1. The van der Waals surface area contributed by atoms with Crippen molar-refractivity contribution in [2.75, 3.05) is 6.54 Å². The molecule has 0 aliphatic carbocycles. The van der Waals surface area contributed by atoms with Gasteiger partial charge in [0.2, 0.25) is 5.43 Å². The fourth-order valence-electron chi connectivity index (χ4n) is 3.55. The molecule has 0 saturated heterocycles. The molecule has 2 aromatic heterocycles. The minimum absolute atomic E-state index is 0.0427. The van der Waals surface area contributed by atoms with Crippen LogP contribution in [-0.4, -0.2) is 37.9 Å². The topological polar surface area (TPSA) is 121 Å². The van der Waals surface area contributed by atoms with Gasteiger partial charge in [-0.3, -0.25) is 9.59 Å². The summed E-state index contributed by atoms with van der Waals surface area (Å²) in [6, 6.07) is 10.8. The number of fused-ring (bicyclic) bond motifs is 1. The van der Waals surface area contributed by atoms with Crippen LogP contribution in [0.2, 0.25) is 0 Å². The molecule has 5 N–H and O–H groups in total. The third kappa shape index (κ3) is 6.73. The lowest BCUT2D eigenvalue weighted by Gasteiger charge is -2.15. The van der Waals surface area contributed by atoms with Gasteiger partial charge in [0.1, 0.15) is 17.4 Å². The molecule has 1 aromatic carbocycles. The number of pyridine rings is 2. The summed E-state index contributed by atoms with van der Waals surface area (Å²) >= 11 is 0. The Morgan fingerprint density at radius 1 is 1.26 bits per heavy atom. The summed E-state index contributed by atoms with van der Waals surface area (Å²) in [6.07, 6.45) is 8.81. The van der Waals surface area contributed by atoms with Crippen LogP contribution in [0, 0.1) is 5.92 Å². The van der Waals surface area contributed by atoms with E-state index in [9.17, 15) is 19.9 Å². The second-order valence-corrected chi connectivity index (χ2v) is 9.46. The van der Waals surface area contributed by atoms with E-state index in [1.54, 1.807) is 42.9 Å². The molecule has 0 bridgehead atoms. The number of hydrogen-bond acceptors (Lipinski definition) is 5. The maximum absolute atomic E-state index is 13.1. The van der Waals surface area contributed by atoms with Gasteiger partial charge in [0.05, 0.1) is 11.0 Å². The molecule has 0 radical (unpaired) electrons. The molecular formula is C27H33N4O4+. The molecule has 0 aliphatic rings. The number of nitrogens with two attached hydrogens (primary N) is 1. The number of carbonyl (C=O) groups excluding carboxylic acids is 1. The van der Waals surface area contributed by atoms with Gasteiger partial charge in [-0.15, -0.1) is 0 Å². The molecule has 0 unspecified atom stereocenters. The number of carbonyl (C=O) groups is 1. The summed E-state index contributed by atoms with van der Waals surface area (Å²) in [5.41, 5.74) is 2.45. The van der Waals surface area contributed by atoms with E-state index in [1.807, 2.05) is 50.3 Å². The summed E-state index contributed by atoms with van der Waals surface area (Å²) in [5.74, 6) is -0.178. The predicted molar refractivity (Wildman–Crippen MR) is 136 cm³/mol. The maximum Gasteiger partial charge on any atom is 0.256 e. The highest BCUT2D eigenvalue weighted by Gasteiger charge is 2.17. The normalized spacial score (nSPS) is 12.6. The van der Waals surface area contributed by atoms with Crippen molar-refractivity contribution in [3.8, 4) is 5.69 Å². The Labute approximate surface area is 204 Å². The van der Waals surface area contributed by atoms with Gasteiger partial charge in [0.15, 0.2) is 0 Å². The number of nitrogens with one attached hydrogen (secondary N) is 1. The molecule has 0 spiro atoms. The second-order valence-electron chi connectivity index (χ2n) is 9.46. The maximum atomic E-state index is 13.1. The zero-order valence-corrected chi connectivity index (χ0v) is 20.5. The zero-order valence-electron chi connectivity index (χ0n) is 20.5. The standard InChI is InChI=1S/C27H32N4O4/c1-18(2)15-29-26(33)23-17-31(25-22(24(23)32)11-7-13-28-25)21-10-5-8-19(14-21)20(16-30-35)9-6-12-27(3,4)34/h5-11,13-14,16-18,30,34-35H,12,15H2,1-4H3,(H,29,33)/p+1/b9-6-,20-16+. The third-order valence-electron chi connectivity index (χ3n) is 5.30. The fraction of sp³-hybridized carbons (Fsp3) is 0.296. The van der Waals surface area contributed by atoms with Crippen LogP contribution >= 0.6 is 0 Å². The first-order chi connectivity index (χ1) is 16.6. The van der Waals surface area contributed by atoms with Crippen LogP contribution in [0.4, 0.5) is 0 Å². The van der Waals surface area contributed by atoms with Crippen LogP contribution in [0.5, 0.6) is 0 Å². The van der Waals surface area contributed by atoms with Gasteiger partial charge in [-0.25, -0.2) is 10.2 Å². The van der Waals surface area contributed by atoms with Crippen molar-refractivity contribution in [2.24, 2.45) is 5.92 Å². The van der Waals surface area contributed by atoms with Crippen molar-refractivity contribution in [1.82, 2.24) is 14.9 Å². The van der Waals surface area contributed by atoms with Crippen molar-refractivity contribution >= 4 is 22.5 Å². The SMILES string of the molecule is CC(C)CNC(=O)c1cn(-c2cccc(C(/C=C\CC(C)(C)O)=C/[NH2+]O)c2)c2ncccc2c1=O. The molecule has 0 saturated carbocycles. The Morgan fingerprint density at radius 2 is 2.03 bits per heavy atom. The number of rotatable bonds is 9. The first-order valence-corrected chi connectivity index (χ1v) is 11.6. The molecule has 0 aliphatic heterocycles. The van der Waals surface area contributed by atoms with E-state index in [1.165, 1.54) is 6.20 Å². The Hall–Kier alpha value is -3.59. The lowest BCUT2D eigenvalue weighted by molar-refractivity contribution is -0.837. The van der Waals surface area contributed by atoms with Crippen LogP contribution in [0.15, 0.2) is 71.9 Å². The van der Waals surface area contributed by atoms with Crippen molar-refractivity contribution in [2.45, 2.75) is 39.7 Å². The molecule has 0 fully saturated rings. The quantitative estimate of drug-likeness (QED) is 0.279. The smallest absolute Gasteiger partial charge is 0.256 e. The van der Waals surface area contributed by atoms with Crippen molar-refractivity contribution in [1.29, 1.82) is 0 Å². The lowest BCUT2D eigenvalue weighted by atomic mass is 10.0. The average Bonchev–Trinajstić information content (AvgIpc) is 2.82. The summed E-state index contributed by atoms with van der Waals surface area (Å²) in [4.78, 5) is 30.3. The average molecular weight is 478 g/mol. The molecule has 2 heterocycles. The molecule has 1 amide bonds. The Bertz CT molecular complexity index is 1320. The van der Waals surface area contributed by atoms with E-state index in [2.05, 4.69) is 10.3 Å². The molecular weight excluding hydrogens is 444 g/mol. The van der Waals surface area contributed by atoms with Gasteiger partial charge < -0.3 is 15.0 Å². The Kier molecular flexibility index (Phi) is 8.34. The summed E-state index contributed by atoms with van der Waals surface area (Å²) in [5, 5.41) is 22.6. The van der Waals surface area contributed by atoms with E-state index in [-0.39, 0.29) is 16.9 Å². The highest BCUT2D eigenvalue weighted by atomic mass is 16.5. The monoisotopic (exact) mass is 477 g/mol. The van der Waals surface area contributed by atoms with Crippen molar-refractivity contribution in [3.63, 3.8) is 0 Å². The summed E-state index contributed by atoms with van der Waals surface area (Å²) < 4.78 is 1.73. The number of hydroxylamine groups is 1. The Balaban J connectivity index is 2.11. The number of amides is 1. The number of allylic oxidation sites excluding steroid dienone is 2. The van der Waals surface area contributed by atoms with Crippen LogP contribution < -0.4 is 16.2 Å². The van der Waals surface area contributed by atoms with Crippen molar-refractivity contribution < 1.29 is 20.6 Å². The predicted octanol–water partition coefficient (Wildman–Crippen LogP) is 2.78. The molecule has 8 nitrogen and oxygen atoms in total. The molecule has 0 atom stereocenters. The van der Waals surface area contributed by atoms with Gasteiger partial charge >= 0.3 is 0 Å². The highest BCUT2D eigenvalue weighted by molar-refractivity contribution is 5.97. The second kappa shape index (κ2) is 11.2. The first kappa shape index (κ1) is 26.0. The van der Waals surface area contributed by atoms with E-state index >= 15 is 0 Å². The van der Waals surface area contributed by atoms with Crippen molar-refractivity contribution in [3.05, 3.63) is 88.5 Å². The number of hydrogen-bond donors (Lipinski definition) is 4. The number of aliphatic hydroxyl groups is 1. The largest absolute Gasteiger partial charge is 0.390 e. The molecule has 3 aromatic rings. The van der Waals surface area contributed by atoms with Crippen LogP contribution in [-0.2, 0) is 0 Å². The fourth-order valence-corrected chi connectivity index (χ4v) is 3.55. The molecule has 3 rings (SSSR count). The third-order valence-corrected chi connectivity index (χ3v) is 5.30. The van der Waals surface area contributed by atoms with E-state index in [4.69, 9.17) is 0 Å². The van der Waals surface area contributed by atoms with Crippen LogP contribution in [0.3, 0.4) is 0 Å². The number of nitrogens with zero attached hydrogens (tertiary/aromatic N) is 2.